The lowest BCUT2D eigenvalue weighted by molar-refractivity contribution is 0.0979. The van der Waals surface area contributed by atoms with E-state index in [1.54, 1.807) is 12.4 Å². The Morgan fingerprint density at radius 3 is 2.27 bits per heavy atom. The van der Waals surface area contributed by atoms with Crippen LogP contribution in [0.4, 0.5) is 0 Å². The van der Waals surface area contributed by atoms with Crippen LogP contribution in [0.3, 0.4) is 0 Å². The molecule has 3 aromatic heterocycles. The van der Waals surface area contributed by atoms with Crippen molar-refractivity contribution in [2.75, 3.05) is 0 Å². The molecule has 106 valence electrons. The van der Waals surface area contributed by atoms with Gasteiger partial charge >= 0.3 is 0 Å². The highest BCUT2D eigenvalue weighted by molar-refractivity contribution is 6.08. The van der Waals surface area contributed by atoms with Gasteiger partial charge in [0, 0.05) is 23.0 Å². The summed E-state index contributed by atoms with van der Waals surface area (Å²) in [6, 6.07) is 11.2. The van der Waals surface area contributed by atoms with Gasteiger partial charge in [0.2, 0.25) is 0 Å². The van der Waals surface area contributed by atoms with E-state index in [0.717, 1.165) is 5.22 Å². The van der Waals surface area contributed by atoms with Crippen molar-refractivity contribution >= 4 is 18.2 Å². The number of nitrogens with one attached hydrogen (secondary N) is 2. The number of carbonyl (C=O) groups is 1. The van der Waals surface area contributed by atoms with Gasteiger partial charge in [-0.25, -0.2) is 0 Å². The largest absolute Gasteiger partial charge is 0.353 e. The molecule has 22 heavy (non-hydrogen) atoms. The molecule has 0 radical (unpaired) electrons. The quantitative estimate of drug-likeness (QED) is 0.732. The van der Waals surface area contributed by atoms with Gasteiger partial charge < -0.3 is 10.3 Å². The number of carbonyl (C=O) groups excluding carboxylic acids is 1. The van der Waals surface area contributed by atoms with Crippen LogP contribution in [0.1, 0.15) is 16.1 Å². The molecule has 0 bridgehead atoms. The zero-order chi connectivity index (χ0) is 15.1. The van der Waals surface area contributed by atoms with Crippen LogP contribution >= 0.6 is 0 Å². The first-order valence-corrected chi connectivity index (χ1v) is 6.85. The molecule has 2 N–H and O–H groups in total. The van der Waals surface area contributed by atoms with Crippen molar-refractivity contribution in [3.8, 4) is 11.4 Å². The third kappa shape index (κ3) is 1.76. The van der Waals surface area contributed by atoms with Crippen molar-refractivity contribution in [2.24, 2.45) is 0 Å². The van der Waals surface area contributed by atoms with Crippen molar-refractivity contribution < 1.29 is 4.79 Å². The highest BCUT2D eigenvalue weighted by Crippen LogP contribution is 2.20. The minimum atomic E-state index is -0.164. The molecule has 4 heterocycles. The monoisotopic (exact) mass is 288 g/mol. The molecule has 0 fully saturated rings. The Hall–Kier alpha value is -3.21. The van der Waals surface area contributed by atoms with E-state index in [2.05, 4.69) is 26.8 Å². The first-order valence-electron chi connectivity index (χ1n) is 6.85. The molecule has 5 nitrogen and oxygen atoms in total. The molecule has 0 aliphatic carbocycles. The van der Waals surface area contributed by atoms with Gasteiger partial charge in [-0.3, -0.25) is 14.8 Å². The number of amides is 1. The highest BCUT2D eigenvalue weighted by Gasteiger charge is 2.27. The van der Waals surface area contributed by atoms with Crippen molar-refractivity contribution in [3.63, 3.8) is 0 Å². The fourth-order valence-electron chi connectivity index (χ4n) is 2.70. The van der Waals surface area contributed by atoms with E-state index in [-0.39, 0.29) is 5.91 Å². The van der Waals surface area contributed by atoms with Gasteiger partial charge in [-0.1, -0.05) is 18.7 Å². The molecule has 0 spiro atoms. The van der Waals surface area contributed by atoms with Gasteiger partial charge in [0.25, 0.3) is 5.91 Å². The standard InChI is InChI=1S/C17H12N4O/c1-10-13-14(16(20-10)12-7-3-5-9-19-12)17(22)21-15(13)11-6-2-4-8-18-11/h2-9,20H,1H2,(H,21,22). The van der Waals surface area contributed by atoms with Crippen LogP contribution in [0.15, 0.2) is 48.8 Å². The predicted molar refractivity (Wildman–Crippen MR) is 83.0 cm³/mol. The molecule has 3 aromatic rings. The van der Waals surface area contributed by atoms with E-state index < -0.39 is 0 Å². The molecule has 0 aromatic carbocycles. The summed E-state index contributed by atoms with van der Waals surface area (Å²) >= 11 is 0. The van der Waals surface area contributed by atoms with Crippen LogP contribution in [0, 0.1) is 0 Å². The Kier molecular flexibility index (Phi) is 2.66. The average Bonchev–Trinajstić information content (AvgIpc) is 3.09. The summed E-state index contributed by atoms with van der Waals surface area (Å²) in [5.41, 5.74) is 3.37. The van der Waals surface area contributed by atoms with Crippen LogP contribution in [0.2, 0.25) is 0 Å². The first kappa shape index (κ1) is 12.5. The minimum Gasteiger partial charge on any atom is -0.353 e. The summed E-state index contributed by atoms with van der Waals surface area (Å²) in [5.74, 6) is -0.164. The van der Waals surface area contributed by atoms with Crippen molar-refractivity contribution in [1.82, 2.24) is 20.3 Å². The number of fused-ring (bicyclic) bond motifs is 1. The molecule has 4 rings (SSSR count). The predicted octanol–water partition coefficient (Wildman–Crippen LogP) is 0.782. The Bertz CT molecular complexity index is 975. The number of aromatic nitrogens is 3. The van der Waals surface area contributed by atoms with E-state index in [4.69, 9.17) is 0 Å². The van der Waals surface area contributed by atoms with Crippen LogP contribution in [0.25, 0.3) is 23.7 Å². The second-order valence-corrected chi connectivity index (χ2v) is 4.99. The molecular formula is C17H12N4O. The maximum absolute atomic E-state index is 12.4. The molecule has 0 atom stereocenters. The molecule has 0 saturated heterocycles. The van der Waals surface area contributed by atoms with E-state index in [1.165, 1.54) is 0 Å². The number of hydrogen-bond donors (Lipinski definition) is 2. The molecule has 0 saturated carbocycles. The molecule has 1 amide bonds. The molecule has 0 unspecified atom stereocenters. The van der Waals surface area contributed by atoms with Crippen LogP contribution in [-0.2, 0) is 0 Å². The lowest BCUT2D eigenvalue weighted by Gasteiger charge is -2.03. The summed E-state index contributed by atoms with van der Waals surface area (Å²) in [4.78, 5) is 24.2. The van der Waals surface area contributed by atoms with Gasteiger partial charge in [0.15, 0.2) is 0 Å². The Balaban J connectivity index is 2.04. The molecular weight excluding hydrogens is 276 g/mol. The van der Waals surface area contributed by atoms with Gasteiger partial charge in [0.1, 0.15) is 0 Å². The maximum Gasteiger partial charge on any atom is 0.258 e. The molecule has 5 heteroatoms. The summed E-state index contributed by atoms with van der Waals surface area (Å²) in [6.07, 6.45) is 3.39. The topological polar surface area (TPSA) is 70.7 Å². The maximum atomic E-state index is 12.4. The van der Waals surface area contributed by atoms with Gasteiger partial charge in [-0.15, -0.1) is 0 Å². The lowest BCUT2D eigenvalue weighted by atomic mass is 10.1. The number of aromatic amines is 1. The average molecular weight is 288 g/mol. The Morgan fingerprint density at radius 1 is 0.955 bits per heavy atom. The third-order valence-electron chi connectivity index (χ3n) is 3.64. The second kappa shape index (κ2) is 4.66. The van der Waals surface area contributed by atoms with Gasteiger partial charge in [0.05, 0.1) is 28.3 Å². The van der Waals surface area contributed by atoms with Crippen LogP contribution < -0.4 is 15.9 Å². The van der Waals surface area contributed by atoms with E-state index in [0.29, 0.717) is 33.7 Å². The summed E-state index contributed by atoms with van der Waals surface area (Å²) in [6.45, 7) is 4.02. The Labute approximate surface area is 126 Å². The molecule has 1 aliphatic heterocycles. The normalized spacial score (nSPS) is 13.1. The zero-order valence-corrected chi connectivity index (χ0v) is 11.6. The number of rotatable bonds is 2. The third-order valence-corrected chi connectivity index (χ3v) is 3.64. The Morgan fingerprint density at radius 2 is 1.64 bits per heavy atom. The molecule has 1 aliphatic rings. The second-order valence-electron chi connectivity index (χ2n) is 4.99. The van der Waals surface area contributed by atoms with Crippen molar-refractivity contribution in [1.29, 1.82) is 0 Å². The van der Waals surface area contributed by atoms with Gasteiger partial charge in [-0.2, -0.15) is 0 Å². The number of H-pyrrole nitrogens is 1. The van der Waals surface area contributed by atoms with E-state index in [1.807, 2.05) is 36.4 Å². The number of nitrogens with zero attached hydrogens (tertiary/aromatic N) is 2. The fraction of sp³-hybridized carbons (Fsp3) is 0. The van der Waals surface area contributed by atoms with E-state index >= 15 is 0 Å². The number of pyridine rings is 2. The van der Waals surface area contributed by atoms with Crippen LogP contribution in [0.5, 0.6) is 0 Å². The lowest BCUT2D eigenvalue weighted by Crippen LogP contribution is -2.25. The fourth-order valence-corrected chi connectivity index (χ4v) is 2.70. The van der Waals surface area contributed by atoms with Crippen LogP contribution in [-0.4, -0.2) is 20.9 Å². The summed E-state index contributed by atoms with van der Waals surface area (Å²) < 4.78 is 0. The van der Waals surface area contributed by atoms with Crippen molar-refractivity contribution in [2.45, 2.75) is 0 Å². The summed E-state index contributed by atoms with van der Waals surface area (Å²) in [7, 11) is 0. The minimum absolute atomic E-state index is 0.164. The highest BCUT2D eigenvalue weighted by atomic mass is 16.1. The van der Waals surface area contributed by atoms with E-state index in [9.17, 15) is 4.79 Å². The smallest absolute Gasteiger partial charge is 0.258 e. The summed E-state index contributed by atoms with van der Waals surface area (Å²) in [5, 5.41) is 4.34. The first-order chi connectivity index (χ1) is 10.8. The van der Waals surface area contributed by atoms with Crippen molar-refractivity contribution in [3.05, 3.63) is 70.6 Å². The van der Waals surface area contributed by atoms with Gasteiger partial charge in [-0.05, 0) is 24.3 Å². The number of hydrogen-bond acceptors (Lipinski definition) is 3. The zero-order valence-electron chi connectivity index (χ0n) is 11.6. The SMILES string of the molecule is C=c1[nH]c(-c2ccccn2)c2c1=C(c1ccccn1)NC2=O.